The molecule has 2 rings (SSSR count). The molecule has 19 heavy (non-hydrogen) atoms. The monoisotopic (exact) mass is 262 g/mol. The highest BCUT2D eigenvalue weighted by Gasteiger charge is 2.10. The first-order valence-corrected chi connectivity index (χ1v) is 7.06. The van der Waals surface area contributed by atoms with E-state index < -0.39 is 0 Å². The number of aryl methyl sites for hydroxylation is 1. The third kappa shape index (κ3) is 4.16. The SMILES string of the molecule is CCCNC(=O)NCCc1ccc2c(c1)CCCO2. The van der Waals surface area contributed by atoms with Gasteiger partial charge >= 0.3 is 6.03 Å². The Hall–Kier alpha value is -1.71. The zero-order valence-electron chi connectivity index (χ0n) is 11.5. The molecule has 0 saturated heterocycles. The van der Waals surface area contributed by atoms with Gasteiger partial charge in [0.25, 0.3) is 0 Å². The predicted molar refractivity (Wildman–Crippen MR) is 75.7 cm³/mol. The topological polar surface area (TPSA) is 50.4 Å². The van der Waals surface area contributed by atoms with Crippen LogP contribution >= 0.6 is 0 Å². The molecule has 0 unspecified atom stereocenters. The summed E-state index contributed by atoms with van der Waals surface area (Å²) in [6.07, 6.45) is 3.99. The van der Waals surface area contributed by atoms with Gasteiger partial charge in [-0.1, -0.05) is 19.1 Å². The first-order chi connectivity index (χ1) is 9.29. The number of carbonyl (C=O) groups excluding carboxylic acids is 1. The van der Waals surface area contributed by atoms with Gasteiger partial charge in [-0.25, -0.2) is 4.79 Å². The molecule has 1 aromatic carbocycles. The van der Waals surface area contributed by atoms with Crippen molar-refractivity contribution < 1.29 is 9.53 Å². The van der Waals surface area contributed by atoms with E-state index >= 15 is 0 Å². The van der Waals surface area contributed by atoms with Crippen LogP contribution in [0.15, 0.2) is 18.2 Å². The van der Waals surface area contributed by atoms with Crippen LogP contribution in [0.2, 0.25) is 0 Å². The first kappa shape index (κ1) is 13.7. The highest BCUT2D eigenvalue weighted by atomic mass is 16.5. The molecule has 0 atom stereocenters. The Kier molecular flexibility index (Phi) is 5.07. The molecule has 0 bridgehead atoms. The fraction of sp³-hybridized carbons (Fsp3) is 0.533. The van der Waals surface area contributed by atoms with Crippen molar-refractivity contribution in [2.75, 3.05) is 19.7 Å². The van der Waals surface area contributed by atoms with E-state index in [2.05, 4.69) is 22.8 Å². The third-order valence-electron chi connectivity index (χ3n) is 3.21. The normalized spacial score (nSPS) is 13.3. The number of hydrogen-bond acceptors (Lipinski definition) is 2. The van der Waals surface area contributed by atoms with E-state index in [1.165, 1.54) is 11.1 Å². The molecule has 1 heterocycles. The van der Waals surface area contributed by atoms with Crippen molar-refractivity contribution in [1.29, 1.82) is 0 Å². The van der Waals surface area contributed by atoms with Gasteiger partial charge in [0.15, 0.2) is 0 Å². The summed E-state index contributed by atoms with van der Waals surface area (Å²) in [4.78, 5) is 11.4. The van der Waals surface area contributed by atoms with Crippen LogP contribution in [0.4, 0.5) is 4.79 Å². The van der Waals surface area contributed by atoms with Crippen LogP contribution in [0.1, 0.15) is 30.9 Å². The van der Waals surface area contributed by atoms with Crippen LogP contribution in [0, 0.1) is 0 Å². The molecule has 2 N–H and O–H groups in total. The van der Waals surface area contributed by atoms with Crippen molar-refractivity contribution in [3.8, 4) is 5.75 Å². The standard InChI is InChI=1S/C15H22N2O2/c1-2-8-16-15(18)17-9-7-12-5-6-14-13(11-12)4-3-10-19-14/h5-6,11H,2-4,7-10H2,1H3,(H2,16,17,18). The second-order valence-corrected chi connectivity index (χ2v) is 4.83. The third-order valence-corrected chi connectivity index (χ3v) is 3.21. The number of ether oxygens (including phenoxy) is 1. The van der Waals surface area contributed by atoms with Crippen LogP contribution in [0.5, 0.6) is 5.75 Å². The number of nitrogens with one attached hydrogen (secondary N) is 2. The van der Waals surface area contributed by atoms with E-state index in [9.17, 15) is 4.79 Å². The first-order valence-electron chi connectivity index (χ1n) is 7.06. The molecular formula is C15H22N2O2. The maximum absolute atomic E-state index is 11.4. The zero-order valence-corrected chi connectivity index (χ0v) is 11.5. The lowest BCUT2D eigenvalue weighted by atomic mass is 10.0. The lowest BCUT2D eigenvalue weighted by molar-refractivity contribution is 0.241. The van der Waals surface area contributed by atoms with Crippen LogP contribution < -0.4 is 15.4 Å². The molecule has 4 nitrogen and oxygen atoms in total. The second kappa shape index (κ2) is 7.02. The lowest BCUT2D eigenvalue weighted by Gasteiger charge is -2.18. The maximum Gasteiger partial charge on any atom is 0.314 e. The summed E-state index contributed by atoms with van der Waals surface area (Å²) in [5, 5.41) is 5.66. The zero-order chi connectivity index (χ0) is 13.5. The quantitative estimate of drug-likeness (QED) is 0.855. The summed E-state index contributed by atoms with van der Waals surface area (Å²) in [5.41, 5.74) is 2.54. The molecule has 0 spiro atoms. The lowest BCUT2D eigenvalue weighted by Crippen LogP contribution is -2.36. The minimum Gasteiger partial charge on any atom is -0.493 e. The summed E-state index contributed by atoms with van der Waals surface area (Å²) in [7, 11) is 0. The molecule has 1 aromatic rings. The van der Waals surface area contributed by atoms with E-state index in [1.54, 1.807) is 0 Å². The fourth-order valence-corrected chi connectivity index (χ4v) is 2.19. The van der Waals surface area contributed by atoms with Gasteiger partial charge in [0, 0.05) is 13.1 Å². The Labute approximate surface area is 114 Å². The number of rotatable bonds is 5. The minimum atomic E-state index is -0.0804. The predicted octanol–water partition coefficient (Wildman–Crippen LogP) is 2.26. The number of urea groups is 1. The minimum absolute atomic E-state index is 0.0804. The number of carbonyl (C=O) groups is 1. The summed E-state index contributed by atoms with van der Waals surface area (Å²) < 4.78 is 5.59. The van der Waals surface area contributed by atoms with Crippen LogP contribution in [-0.4, -0.2) is 25.7 Å². The fourth-order valence-electron chi connectivity index (χ4n) is 2.19. The molecule has 104 valence electrons. The number of fused-ring (bicyclic) bond motifs is 1. The van der Waals surface area contributed by atoms with Crippen molar-refractivity contribution in [3.05, 3.63) is 29.3 Å². The Morgan fingerprint density at radius 1 is 1.32 bits per heavy atom. The van der Waals surface area contributed by atoms with Crippen molar-refractivity contribution in [2.45, 2.75) is 32.6 Å². The molecule has 1 aliphatic heterocycles. The van der Waals surface area contributed by atoms with Gasteiger partial charge in [0.2, 0.25) is 0 Å². The molecule has 1 aliphatic rings. The summed E-state index contributed by atoms with van der Waals surface area (Å²) in [6.45, 7) is 4.25. The molecule has 0 fully saturated rings. The van der Waals surface area contributed by atoms with Crippen molar-refractivity contribution in [3.63, 3.8) is 0 Å². The van der Waals surface area contributed by atoms with Gasteiger partial charge in [-0.2, -0.15) is 0 Å². The van der Waals surface area contributed by atoms with E-state index in [4.69, 9.17) is 4.74 Å². The van der Waals surface area contributed by atoms with E-state index in [0.717, 1.165) is 44.6 Å². The highest BCUT2D eigenvalue weighted by Crippen LogP contribution is 2.25. The van der Waals surface area contributed by atoms with Crippen molar-refractivity contribution in [2.24, 2.45) is 0 Å². The summed E-state index contributed by atoms with van der Waals surface area (Å²) in [6, 6.07) is 6.24. The van der Waals surface area contributed by atoms with Crippen LogP contribution in [0.3, 0.4) is 0 Å². The molecule has 2 amide bonds. The van der Waals surface area contributed by atoms with Gasteiger partial charge in [-0.3, -0.25) is 0 Å². The van der Waals surface area contributed by atoms with E-state index in [1.807, 2.05) is 13.0 Å². The molecule has 0 radical (unpaired) electrons. The Morgan fingerprint density at radius 3 is 3.00 bits per heavy atom. The Balaban J connectivity index is 1.78. The van der Waals surface area contributed by atoms with Crippen LogP contribution in [0.25, 0.3) is 0 Å². The van der Waals surface area contributed by atoms with Crippen molar-refractivity contribution in [1.82, 2.24) is 10.6 Å². The smallest absolute Gasteiger partial charge is 0.314 e. The molecule has 0 aromatic heterocycles. The van der Waals surface area contributed by atoms with Crippen molar-refractivity contribution >= 4 is 6.03 Å². The van der Waals surface area contributed by atoms with E-state index in [0.29, 0.717) is 6.54 Å². The van der Waals surface area contributed by atoms with E-state index in [-0.39, 0.29) is 6.03 Å². The number of hydrogen-bond donors (Lipinski definition) is 2. The van der Waals surface area contributed by atoms with Gasteiger partial charge < -0.3 is 15.4 Å². The Morgan fingerprint density at radius 2 is 2.16 bits per heavy atom. The average molecular weight is 262 g/mol. The van der Waals surface area contributed by atoms with Gasteiger partial charge in [0.05, 0.1) is 6.61 Å². The molecular weight excluding hydrogens is 240 g/mol. The molecule has 0 aliphatic carbocycles. The average Bonchev–Trinajstić information content (AvgIpc) is 2.45. The number of benzene rings is 1. The van der Waals surface area contributed by atoms with Gasteiger partial charge in [-0.05, 0) is 42.9 Å². The maximum atomic E-state index is 11.4. The summed E-state index contributed by atoms with van der Waals surface area (Å²) >= 11 is 0. The largest absolute Gasteiger partial charge is 0.493 e. The van der Waals surface area contributed by atoms with Gasteiger partial charge in [-0.15, -0.1) is 0 Å². The second-order valence-electron chi connectivity index (χ2n) is 4.83. The molecule has 4 heteroatoms. The summed E-state index contributed by atoms with van der Waals surface area (Å²) in [5.74, 6) is 1.02. The molecule has 0 saturated carbocycles. The van der Waals surface area contributed by atoms with Crippen LogP contribution in [-0.2, 0) is 12.8 Å². The Bertz CT molecular complexity index is 432. The number of amides is 2. The van der Waals surface area contributed by atoms with Gasteiger partial charge in [0.1, 0.15) is 5.75 Å². The highest BCUT2D eigenvalue weighted by molar-refractivity contribution is 5.73.